The molecule has 1 atom stereocenters. The molecule has 0 spiro atoms. The number of benzene rings is 2. The molecule has 2 rings (SSSR count). The molecule has 2 N–H and O–H groups in total. The van der Waals surface area contributed by atoms with Crippen molar-refractivity contribution in [2.75, 3.05) is 6.61 Å². The normalized spacial score (nSPS) is 12.5. The molecule has 0 aliphatic carbocycles. The Morgan fingerprint density at radius 3 is 2.46 bits per heavy atom. The number of hydrogen-bond acceptors (Lipinski definition) is 3. The van der Waals surface area contributed by atoms with Crippen LogP contribution in [-0.4, -0.2) is 24.0 Å². The molecule has 0 saturated heterocycles. The monoisotopic (exact) mass is 339 g/mol. The lowest BCUT2D eigenvalue weighted by Gasteiger charge is -2.17. The van der Waals surface area contributed by atoms with Crippen LogP contribution >= 0.6 is 0 Å². The Labute approximate surface area is 136 Å². The van der Waals surface area contributed by atoms with E-state index in [1.54, 1.807) is 24.3 Å². The molecule has 1 unspecified atom stereocenters. The Morgan fingerprint density at radius 2 is 1.83 bits per heavy atom. The predicted molar refractivity (Wildman–Crippen MR) is 81.2 cm³/mol. The fourth-order valence-electron chi connectivity index (χ4n) is 2.20. The minimum atomic E-state index is -4.78. The van der Waals surface area contributed by atoms with E-state index < -0.39 is 18.3 Å². The average molecular weight is 339 g/mol. The van der Waals surface area contributed by atoms with Gasteiger partial charge in [0.15, 0.2) is 0 Å². The molecule has 2 aromatic carbocycles. The number of carbonyl (C=O) groups is 1. The van der Waals surface area contributed by atoms with E-state index in [-0.39, 0.29) is 18.8 Å². The topological polar surface area (TPSA) is 58.6 Å². The minimum Gasteiger partial charge on any atom is -0.406 e. The molecule has 0 aromatic heterocycles. The zero-order valence-electron chi connectivity index (χ0n) is 12.6. The molecule has 0 aliphatic rings. The van der Waals surface area contributed by atoms with Gasteiger partial charge in [0.05, 0.1) is 19.1 Å². The van der Waals surface area contributed by atoms with Gasteiger partial charge in [0, 0.05) is 0 Å². The zero-order valence-corrected chi connectivity index (χ0v) is 12.6. The second kappa shape index (κ2) is 7.83. The lowest BCUT2D eigenvalue weighted by Crippen LogP contribution is -2.31. The smallest absolute Gasteiger partial charge is 0.406 e. The summed E-state index contributed by atoms with van der Waals surface area (Å²) in [5, 5.41) is 12.1. The number of amides is 1. The van der Waals surface area contributed by atoms with E-state index in [0.29, 0.717) is 5.56 Å². The van der Waals surface area contributed by atoms with E-state index in [1.165, 1.54) is 12.1 Å². The quantitative estimate of drug-likeness (QED) is 0.851. The number of halogens is 3. The van der Waals surface area contributed by atoms with Crippen molar-refractivity contribution in [3.8, 4) is 5.75 Å². The van der Waals surface area contributed by atoms with Crippen molar-refractivity contribution in [3.05, 3.63) is 65.7 Å². The van der Waals surface area contributed by atoms with E-state index in [2.05, 4.69) is 10.1 Å². The number of ether oxygens (including phenoxy) is 1. The molecule has 0 heterocycles. The van der Waals surface area contributed by atoms with Crippen molar-refractivity contribution in [2.45, 2.75) is 18.8 Å². The van der Waals surface area contributed by atoms with Gasteiger partial charge in [-0.15, -0.1) is 13.2 Å². The Bertz CT molecular complexity index is 674. The first-order valence-corrected chi connectivity index (χ1v) is 7.17. The molecule has 1 amide bonds. The van der Waals surface area contributed by atoms with Gasteiger partial charge in [-0.25, -0.2) is 0 Å². The summed E-state index contributed by atoms with van der Waals surface area (Å²) in [5.41, 5.74) is 1.11. The van der Waals surface area contributed by atoms with Crippen LogP contribution in [0.15, 0.2) is 54.6 Å². The Balaban J connectivity index is 2.00. The zero-order chi connectivity index (χ0) is 17.6. The van der Waals surface area contributed by atoms with Crippen LogP contribution in [0.2, 0.25) is 0 Å². The molecule has 128 valence electrons. The first-order valence-electron chi connectivity index (χ1n) is 7.17. The summed E-state index contributed by atoms with van der Waals surface area (Å²) in [6, 6.07) is 13.5. The van der Waals surface area contributed by atoms with Gasteiger partial charge in [-0.3, -0.25) is 4.79 Å². The van der Waals surface area contributed by atoms with E-state index in [1.807, 2.05) is 6.07 Å². The molecule has 2 aromatic rings. The lowest BCUT2D eigenvalue weighted by molar-refractivity contribution is -0.274. The average Bonchev–Trinajstić information content (AvgIpc) is 2.52. The van der Waals surface area contributed by atoms with Crippen molar-refractivity contribution < 1.29 is 27.8 Å². The molecule has 7 heteroatoms. The fourth-order valence-corrected chi connectivity index (χ4v) is 2.20. The number of hydrogen-bond donors (Lipinski definition) is 2. The van der Waals surface area contributed by atoms with Gasteiger partial charge in [0.2, 0.25) is 5.91 Å². The standard InChI is InChI=1S/C17H16F3NO3/c18-17(19,20)24-14-8-4-5-12(9-14)10-16(23)21-15(11-22)13-6-2-1-3-7-13/h1-9,15,22H,10-11H2,(H,21,23). The summed E-state index contributed by atoms with van der Waals surface area (Å²) in [4.78, 5) is 12.1. The molecular weight excluding hydrogens is 323 g/mol. The first kappa shape index (κ1) is 17.8. The highest BCUT2D eigenvalue weighted by molar-refractivity contribution is 5.79. The van der Waals surface area contributed by atoms with Crippen molar-refractivity contribution >= 4 is 5.91 Å². The Morgan fingerprint density at radius 1 is 1.12 bits per heavy atom. The maximum atomic E-state index is 12.2. The Kier molecular flexibility index (Phi) is 5.81. The van der Waals surface area contributed by atoms with Crippen LogP contribution < -0.4 is 10.1 Å². The third-order valence-electron chi connectivity index (χ3n) is 3.22. The van der Waals surface area contributed by atoms with Crippen LogP contribution in [0.25, 0.3) is 0 Å². The number of aliphatic hydroxyl groups is 1. The van der Waals surface area contributed by atoms with Gasteiger partial charge in [-0.1, -0.05) is 42.5 Å². The van der Waals surface area contributed by atoms with Gasteiger partial charge in [0.25, 0.3) is 0 Å². The van der Waals surface area contributed by atoms with Crippen molar-refractivity contribution in [1.29, 1.82) is 0 Å². The Hall–Kier alpha value is -2.54. The van der Waals surface area contributed by atoms with Crippen LogP contribution in [0.5, 0.6) is 5.75 Å². The number of carbonyl (C=O) groups excluding carboxylic acids is 1. The van der Waals surface area contributed by atoms with Gasteiger partial charge in [0.1, 0.15) is 5.75 Å². The van der Waals surface area contributed by atoms with Gasteiger partial charge in [-0.05, 0) is 23.3 Å². The number of nitrogens with one attached hydrogen (secondary N) is 1. The summed E-state index contributed by atoms with van der Waals surface area (Å²) in [6.45, 7) is -0.285. The van der Waals surface area contributed by atoms with Crippen molar-refractivity contribution in [2.24, 2.45) is 0 Å². The van der Waals surface area contributed by atoms with Gasteiger partial charge >= 0.3 is 6.36 Å². The van der Waals surface area contributed by atoms with Crippen LogP contribution in [0.1, 0.15) is 17.2 Å². The van der Waals surface area contributed by atoms with Crippen LogP contribution in [0.4, 0.5) is 13.2 Å². The predicted octanol–water partition coefficient (Wildman–Crippen LogP) is 2.98. The maximum Gasteiger partial charge on any atom is 0.573 e. The van der Waals surface area contributed by atoms with Gasteiger partial charge < -0.3 is 15.2 Å². The van der Waals surface area contributed by atoms with Crippen LogP contribution in [-0.2, 0) is 11.2 Å². The first-order chi connectivity index (χ1) is 11.4. The number of aliphatic hydroxyl groups excluding tert-OH is 1. The molecule has 0 fully saturated rings. The third-order valence-corrected chi connectivity index (χ3v) is 3.22. The van der Waals surface area contributed by atoms with Gasteiger partial charge in [-0.2, -0.15) is 0 Å². The van der Waals surface area contributed by atoms with E-state index >= 15 is 0 Å². The van der Waals surface area contributed by atoms with Crippen LogP contribution in [0, 0.1) is 0 Å². The third kappa shape index (κ3) is 5.58. The lowest BCUT2D eigenvalue weighted by atomic mass is 10.1. The highest BCUT2D eigenvalue weighted by atomic mass is 19.4. The van der Waals surface area contributed by atoms with E-state index in [9.17, 15) is 23.1 Å². The van der Waals surface area contributed by atoms with E-state index in [0.717, 1.165) is 17.7 Å². The number of alkyl halides is 3. The molecule has 0 bridgehead atoms. The highest BCUT2D eigenvalue weighted by Gasteiger charge is 2.31. The maximum absolute atomic E-state index is 12.2. The number of rotatable bonds is 6. The highest BCUT2D eigenvalue weighted by Crippen LogP contribution is 2.23. The molecule has 0 radical (unpaired) electrons. The fraction of sp³-hybridized carbons (Fsp3) is 0.235. The van der Waals surface area contributed by atoms with Crippen molar-refractivity contribution in [3.63, 3.8) is 0 Å². The second-order valence-electron chi connectivity index (χ2n) is 5.09. The van der Waals surface area contributed by atoms with Crippen molar-refractivity contribution in [1.82, 2.24) is 5.32 Å². The largest absolute Gasteiger partial charge is 0.573 e. The molecule has 24 heavy (non-hydrogen) atoms. The summed E-state index contributed by atoms with van der Waals surface area (Å²) in [7, 11) is 0. The molecule has 0 saturated carbocycles. The molecule has 0 aliphatic heterocycles. The summed E-state index contributed by atoms with van der Waals surface area (Å²) >= 11 is 0. The summed E-state index contributed by atoms with van der Waals surface area (Å²) in [5.74, 6) is -0.795. The molecular formula is C17H16F3NO3. The minimum absolute atomic E-state index is 0.127. The summed E-state index contributed by atoms with van der Waals surface area (Å²) in [6.07, 6.45) is -4.91. The van der Waals surface area contributed by atoms with Crippen LogP contribution in [0.3, 0.4) is 0 Å². The summed E-state index contributed by atoms with van der Waals surface area (Å²) < 4.78 is 40.5. The molecule has 4 nitrogen and oxygen atoms in total. The SMILES string of the molecule is O=C(Cc1cccc(OC(F)(F)F)c1)NC(CO)c1ccccc1. The van der Waals surface area contributed by atoms with E-state index in [4.69, 9.17) is 0 Å². The second-order valence-corrected chi connectivity index (χ2v) is 5.09.